The molecule has 2 aromatic carbocycles. The number of nitrogens with zero attached hydrogens (tertiary/aromatic N) is 2. The number of rotatable bonds is 6. The van der Waals surface area contributed by atoms with E-state index in [-0.39, 0.29) is 12.1 Å². The zero-order valence-electron chi connectivity index (χ0n) is 20.3. The molecule has 1 aliphatic heterocycles. The maximum atomic E-state index is 12.4. The fourth-order valence-corrected chi connectivity index (χ4v) is 4.93. The second-order valence-electron chi connectivity index (χ2n) is 8.98. The van der Waals surface area contributed by atoms with Crippen molar-refractivity contribution < 1.29 is 13.9 Å². The number of anilines is 1. The number of carbonyl (C=O) groups is 1. The van der Waals surface area contributed by atoms with Crippen LogP contribution >= 0.6 is 12.2 Å². The molecule has 0 unspecified atom stereocenters. The van der Waals surface area contributed by atoms with E-state index in [9.17, 15) is 4.79 Å². The first kappa shape index (κ1) is 23.8. The Morgan fingerprint density at radius 3 is 2.47 bits per heavy atom. The number of benzene rings is 2. The summed E-state index contributed by atoms with van der Waals surface area (Å²) in [5.74, 6) is 1.31. The molecule has 1 N–H and O–H groups in total. The Labute approximate surface area is 215 Å². The predicted octanol–water partition coefficient (Wildman–Crippen LogP) is 6.43. The SMILES string of the molecule is COC(=O)c1ccccc1-c1ccc([C@H]2[C@@H](c3ccccn3)NC(=S)N2c2ccc(C(C)C)cc2)o1. The molecular formula is C29H27N3O3S. The number of carbonyl (C=O) groups excluding carboxylic acids is 1. The highest BCUT2D eigenvalue weighted by Gasteiger charge is 2.42. The fourth-order valence-electron chi connectivity index (χ4n) is 4.58. The number of furan rings is 1. The number of hydrogen-bond acceptors (Lipinski definition) is 5. The maximum Gasteiger partial charge on any atom is 0.338 e. The number of esters is 1. The van der Waals surface area contributed by atoms with Crippen LogP contribution in [-0.2, 0) is 4.74 Å². The van der Waals surface area contributed by atoms with Crippen molar-refractivity contribution in [1.29, 1.82) is 0 Å². The molecule has 0 amide bonds. The van der Waals surface area contributed by atoms with Gasteiger partial charge in [-0.2, -0.15) is 0 Å². The van der Waals surface area contributed by atoms with Gasteiger partial charge in [0.15, 0.2) is 5.11 Å². The Kier molecular flexibility index (Phi) is 6.57. The van der Waals surface area contributed by atoms with Crippen molar-refractivity contribution in [2.75, 3.05) is 12.0 Å². The van der Waals surface area contributed by atoms with Crippen LogP contribution in [0.15, 0.2) is 89.5 Å². The van der Waals surface area contributed by atoms with Crippen molar-refractivity contribution in [3.63, 3.8) is 0 Å². The van der Waals surface area contributed by atoms with Crippen molar-refractivity contribution in [3.05, 3.63) is 108 Å². The molecular weight excluding hydrogens is 470 g/mol. The van der Waals surface area contributed by atoms with E-state index >= 15 is 0 Å². The Hall–Kier alpha value is -3.97. The van der Waals surface area contributed by atoms with Gasteiger partial charge in [0.2, 0.25) is 0 Å². The lowest BCUT2D eigenvalue weighted by Crippen LogP contribution is -2.29. The lowest BCUT2D eigenvalue weighted by atomic mass is 10.0. The van der Waals surface area contributed by atoms with Crippen LogP contribution in [0.25, 0.3) is 11.3 Å². The summed E-state index contributed by atoms with van der Waals surface area (Å²) in [6.45, 7) is 4.35. The van der Waals surface area contributed by atoms with E-state index in [1.165, 1.54) is 12.7 Å². The highest BCUT2D eigenvalue weighted by Crippen LogP contribution is 2.43. The van der Waals surface area contributed by atoms with Crippen molar-refractivity contribution in [2.45, 2.75) is 31.8 Å². The average Bonchev–Trinajstić information content (AvgIpc) is 3.53. The number of hydrogen-bond donors (Lipinski definition) is 1. The summed E-state index contributed by atoms with van der Waals surface area (Å²) in [7, 11) is 1.37. The molecule has 6 nitrogen and oxygen atoms in total. The molecule has 0 radical (unpaired) electrons. The first-order valence-corrected chi connectivity index (χ1v) is 12.3. The van der Waals surface area contributed by atoms with Gasteiger partial charge in [-0.3, -0.25) is 4.98 Å². The van der Waals surface area contributed by atoms with Crippen LogP contribution in [0.4, 0.5) is 5.69 Å². The fraction of sp³-hybridized carbons (Fsp3) is 0.207. The average molecular weight is 498 g/mol. The minimum atomic E-state index is -0.412. The van der Waals surface area contributed by atoms with Crippen molar-refractivity contribution in [2.24, 2.45) is 0 Å². The molecule has 0 spiro atoms. The maximum absolute atomic E-state index is 12.4. The van der Waals surface area contributed by atoms with E-state index in [0.717, 1.165) is 11.4 Å². The number of nitrogens with one attached hydrogen (secondary N) is 1. The second-order valence-corrected chi connectivity index (χ2v) is 9.37. The number of thiocarbonyl (C=S) groups is 1. The summed E-state index contributed by atoms with van der Waals surface area (Å²) in [4.78, 5) is 19.0. The van der Waals surface area contributed by atoms with Crippen LogP contribution in [0.1, 0.15) is 59.2 Å². The van der Waals surface area contributed by atoms with E-state index in [2.05, 4.69) is 53.3 Å². The highest BCUT2D eigenvalue weighted by molar-refractivity contribution is 7.80. The number of aromatic nitrogens is 1. The van der Waals surface area contributed by atoms with E-state index < -0.39 is 5.97 Å². The standard InChI is InChI=1S/C29H27N3O3S/c1-18(2)19-11-13-20(14-12-19)32-27(26(31-29(32)36)23-10-6-7-17-30-23)25-16-15-24(35-25)21-8-4-5-9-22(21)28(33)34-3/h4-18,26-27H,1-3H3,(H,31,36)/t26-,27+/m1/s1. The molecule has 182 valence electrons. The molecule has 7 heteroatoms. The van der Waals surface area contributed by atoms with Gasteiger partial charge in [-0.25, -0.2) is 4.79 Å². The van der Waals surface area contributed by atoms with E-state index in [1.54, 1.807) is 18.3 Å². The summed E-state index contributed by atoms with van der Waals surface area (Å²) in [6.07, 6.45) is 1.78. The Morgan fingerprint density at radius 2 is 1.78 bits per heavy atom. The molecule has 4 aromatic rings. The minimum absolute atomic E-state index is 0.224. The number of methoxy groups -OCH3 is 1. The first-order valence-electron chi connectivity index (χ1n) is 11.9. The van der Waals surface area contributed by atoms with E-state index in [0.29, 0.717) is 33.7 Å². The first-order chi connectivity index (χ1) is 17.5. The molecule has 2 atom stereocenters. The molecule has 3 heterocycles. The molecule has 1 fully saturated rings. The van der Waals surface area contributed by atoms with Crippen LogP contribution in [0.2, 0.25) is 0 Å². The van der Waals surface area contributed by atoms with Crippen LogP contribution in [0, 0.1) is 0 Å². The summed E-state index contributed by atoms with van der Waals surface area (Å²) in [5, 5.41) is 4.05. The van der Waals surface area contributed by atoms with E-state index in [1.807, 2.05) is 42.5 Å². The monoisotopic (exact) mass is 497 g/mol. The summed E-state index contributed by atoms with van der Waals surface area (Å²) >= 11 is 5.82. The number of ether oxygens (including phenoxy) is 1. The molecule has 36 heavy (non-hydrogen) atoms. The Balaban J connectivity index is 1.59. The van der Waals surface area contributed by atoms with Gasteiger partial charge in [0.1, 0.15) is 17.6 Å². The third-order valence-electron chi connectivity index (χ3n) is 6.45. The second kappa shape index (κ2) is 9.95. The lowest BCUT2D eigenvalue weighted by molar-refractivity contribution is 0.0601. The van der Waals surface area contributed by atoms with Gasteiger partial charge in [-0.15, -0.1) is 0 Å². The third-order valence-corrected chi connectivity index (χ3v) is 6.77. The van der Waals surface area contributed by atoms with Gasteiger partial charge in [0.05, 0.1) is 24.4 Å². The molecule has 0 aliphatic carbocycles. The largest absolute Gasteiger partial charge is 0.465 e. The van der Waals surface area contributed by atoms with Crippen molar-refractivity contribution >= 4 is 29.0 Å². The van der Waals surface area contributed by atoms with Gasteiger partial charge >= 0.3 is 5.97 Å². The van der Waals surface area contributed by atoms with Gasteiger partial charge in [0.25, 0.3) is 0 Å². The molecule has 2 aromatic heterocycles. The predicted molar refractivity (Wildman–Crippen MR) is 144 cm³/mol. The summed E-state index contributed by atoms with van der Waals surface area (Å²) in [5.41, 5.74) is 4.20. The summed E-state index contributed by atoms with van der Waals surface area (Å²) in [6, 6.07) is 24.9. The lowest BCUT2D eigenvalue weighted by Gasteiger charge is -2.26. The molecule has 1 aliphatic rings. The molecule has 5 rings (SSSR count). The third kappa shape index (κ3) is 4.38. The van der Waals surface area contributed by atoms with Crippen molar-refractivity contribution in [3.8, 4) is 11.3 Å². The molecule has 1 saturated heterocycles. The highest BCUT2D eigenvalue weighted by atomic mass is 32.1. The smallest absolute Gasteiger partial charge is 0.338 e. The summed E-state index contributed by atoms with van der Waals surface area (Å²) < 4.78 is 11.4. The van der Waals surface area contributed by atoms with Crippen molar-refractivity contribution in [1.82, 2.24) is 10.3 Å². The zero-order valence-corrected chi connectivity index (χ0v) is 21.2. The zero-order chi connectivity index (χ0) is 25.2. The Bertz CT molecular complexity index is 1380. The van der Waals surface area contributed by atoms with Crippen LogP contribution in [0.5, 0.6) is 0 Å². The molecule has 0 bridgehead atoms. The minimum Gasteiger partial charge on any atom is -0.465 e. The van der Waals surface area contributed by atoms with Gasteiger partial charge in [-0.1, -0.05) is 50.2 Å². The van der Waals surface area contributed by atoms with Gasteiger partial charge in [0, 0.05) is 17.4 Å². The van der Waals surface area contributed by atoms with Crippen LogP contribution in [-0.4, -0.2) is 23.2 Å². The van der Waals surface area contributed by atoms with Crippen LogP contribution in [0.3, 0.4) is 0 Å². The van der Waals surface area contributed by atoms with Gasteiger partial charge in [-0.05, 0) is 66.2 Å². The van der Waals surface area contributed by atoms with E-state index in [4.69, 9.17) is 21.4 Å². The normalized spacial score (nSPS) is 17.3. The topological polar surface area (TPSA) is 67.6 Å². The van der Waals surface area contributed by atoms with Gasteiger partial charge < -0.3 is 19.4 Å². The molecule has 0 saturated carbocycles. The van der Waals surface area contributed by atoms with Crippen LogP contribution < -0.4 is 10.2 Å². The quantitative estimate of drug-likeness (QED) is 0.243. The Morgan fingerprint density at radius 1 is 1.03 bits per heavy atom. The number of pyridine rings is 1.